The number of carbonyl (C=O) groups is 1. The van der Waals surface area contributed by atoms with E-state index in [0.717, 1.165) is 15.7 Å². The second-order valence-corrected chi connectivity index (χ2v) is 5.36. The van der Waals surface area contributed by atoms with Crippen LogP contribution in [-0.2, 0) is 4.79 Å². The van der Waals surface area contributed by atoms with Gasteiger partial charge in [0, 0.05) is 10.2 Å². The van der Waals surface area contributed by atoms with Crippen LogP contribution in [0.3, 0.4) is 0 Å². The largest absolute Gasteiger partial charge is 0.325 e. The van der Waals surface area contributed by atoms with Crippen LogP contribution in [0.5, 0.6) is 0 Å². The van der Waals surface area contributed by atoms with Crippen LogP contribution in [0.2, 0.25) is 0 Å². The summed E-state index contributed by atoms with van der Waals surface area (Å²) in [5.74, 6) is 0.0456. The molecule has 1 amide bonds. The van der Waals surface area contributed by atoms with Crippen molar-refractivity contribution < 1.29 is 4.79 Å². The molecule has 0 heterocycles. The average molecular weight is 288 g/mol. The van der Waals surface area contributed by atoms with Gasteiger partial charge in [0.2, 0.25) is 5.91 Å². The molecule has 0 saturated carbocycles. The minimum atomic E-state index is -0.0195. The summed E-state index contributed by atoms with van der Waals surface area (Å²) in [5.41, 5.74) is 1.96. The van der Waals surface area contributed by atoms with Crippen LogP contribution in [0.4, 0.5) is 5.69 Å². The normalized spacial score (nSPS) is 12.3. The van der Waals surface area contributed by atoms with Gasteiger partial charge in [0.25, 0.3) is 0 Å². The van der Waals surface area contributed by atoms with Crippen molar-refractivity contribution in [1.29, 1.82) is 0 Å². The Balaban J connectivity index is 2.73. The van der Waals surface area contributed by atoms with Gasteiger partial charge in [-0.2, -0.15) is 11.8 Å². The van der Waals surface area contributed by atoms with Crippen LogP contribution in [0, 0.1) is 6.92 Å². The number of hydrogen-bond donors (Lipinski definition) is 1. The van der Waals surface area contributed by atoms with E-state index in [1.165, 1.54) is 11.8 Å². The Morgan fingerprint density at radius 1 is 1.53 bits per heavy atom. The highest BCUT2D eigenvalue weighted by Gasteiger charge is 2.11. The summed E-state index contributed by atoms with van der Waals surface area (Å²) in [7, 11) is 0. The van der Waals surface area contributed by atoms with E-state index in [2.05, 4.69) is 21.2 Å². The zero-order chi connectivity index (χ0) is 11.4. The highest BCUT2D eigenvalue weighted by atomic mass is 79.9. The van der Waals surface area contributed by atoms with Gasteiger partial charge in [-0.1, -0.05) is 15.9 Å². The number of rotatable bonds is 3. The molecule has 0 bridgehead atoms. The van der Waals surface area contributed by atoms with Gasteiger partial charge in [0.05, 0.1) is 5.25 Å². The molecule has 4 heteroatoms. The fourth-order valence-electron chi connectivity index (χ4n) is 1.07. The first-order valence-electron chi connectivity index (χ1n) is 4.64. The maximum absolute atomic E-state index is 11.6. The van der Waals surface area contributed by atoms with Crippen LogP contribution >= 0.6 is 27.7 Å². The van der Waals surface area contributed by atoms with E-state index in [9.17, 15) is 4.79 Å². The van der Waals surface area contributed by atoms with Gasteiger partial charge in [-0.25, -0.2) is 0 Å². The number of thioether (sulfide) groups is 1. The van der Waals surface area contributed by atoms with Gasteiger partial charge >= 0.3 is 0 Å². The van der Waals surface area contributed by atoms with Crippen LogP contribution in [-0.4, -0.2) is 17.4 Å². The van der Waals surface area contributed by atoms with E-state index >= 15 is 0 Å². The molecule has 0 aliphatic carbocycles. The molecular formula is C11H14BrNOS. The Morgan fingerprint density at radius 3 is 2.73 bits per heavy atom. The first kappa shape index (κ1) is 12.6. The van der Waals surface area contributed by atoms with E-state index < -0.39 is 0 Å². The molecule has 15 heavy (non-hydrogen) atoms. The topological polar surface area (TPSA) is 29.1 Å². The van der Waals surface area contributed by atoms with Crippen molar-refractivity contribution in [2.75, 3.05) is 11.6 Å². The Bertz CT molecular complexity index is 368. The third-order valence-corrected chi connectivity index (χ3v) is 3.96. The highest BCUT2D eigenvalue weighted by Crippen LogP contribution is 2.20. The summed E-state index contributed by atoms with van der Waals surface area (Å²) in [6.45, 7) is 3.89. The van der Waals surface area contributed by atoms with Gasteiger partial charge in [-0.05, 0) is 43.9 Å². The second kappa shape index (κ2) is 5.56. The van der Waals surface area contributed by atoms with Gasteiger partial charge in [0.15, 0.2) is 0 Å². The number of hydrogen-bond acceptors (Lipinski definition) is 2. The van der Waals surface area contributed by atoms with Crippen LogP contribution in [0.15, 0.2) is 22.7 Å². The summed E-state index contributed by atoms with van der Waals surface area (Å²) >= 11 is 4.96. The molecule has 1 N–H and O–H groups in total. The van der Waals surface area contributed by atoms with Crippen molar-refractivity contribution in [3.63, 3.8) is 0 Å². The van der Waals surface area contributed by atoms with Crippen molar-refractivity contribution in [3.05, 3.63) is 28.2 Å². The lowest BCUT2D eigenvalue weighted by Crippen LogP contribution is -2.22. The predicted octanol–water partition coefficient (Wildman–Crippen LogP) is 3.45. The van der Waals surface area contributed by atoms with Crippen LogP contribution < -0.4 is 5.32 Å². The number of carbonyl (C=O) groups excluding carboxylic acids is 1. The highest BCUT2D eigenvalue weighted by molar-refractivity contribution is 9.10. The van der Waals surface area contributed by atoms with Crippen molar-refractivity contribution in [2.45, 2.75) is 19.1 Å². The lowest BCUT2D eigenvalue weighted by molar-refractivity contribution is -0.115. The molecule has 0 aliphatic rings. The number of halogens is 1. The third kappa shape index (κ3) is 3.54. The van der Waals surface area contributed by atoms with E-state index in [0.29, 0.717) is 0 Å². The minimum absolute atomic E-state index is 0.0195. The monoisotopic (exact) mass is 287 g/mol. The second-order valence-electron chi connectivity index (χ2n) is 3.33. The summed E-state index contributed by atoms with van der Waals surface area (Å²) in [4.78, 5) is 11.6. The first-order chi connectivity index (χ1) is 7.04. The maximum atomic E-state index is 11.6. The molecule has 0 aliphatic heterocycles. The van der Waals surface area contributed by atoms with Crippen molar-refractivity contribution in [1.82, 2.24) is 0 Å². The molecule has 0 saturated heterocycles. The van der Waals surface area contributed by atoms with Crippen molar-refractivity contribution >= 4 is 39.3 Å². The Kier molecular flexibility index (Phi) is 4.67. The minimum Gasteiger partial charge on any atom is -0.325 e. The fraction of sp³-hybridized carbons (Fsp3) is 0.364. The molecule has 82 valence electrons. The predicted molar refractivity (Wildman–Crippen MR) is 70.5 cm³/mol. The summed E-state index contributed by atoms with van der Waals surface area (Å²) in [5, 5.41) is 2.86. The van der Waals surface area contributed by atoms with Gasteiger partial charge < -0.3 is 5.32 Å². The Morgan fingerprint density at radius 2 is 2.20 bits per heavy atom. The fourth-order valence-corrected chi connectivity index (χ4v) is 1.59. The van der Waals surface area contributed by atoms with E-state index in [4.69, 9.17) is 0 Å². The number of benzene rings is 1. The Hall–Kier alpha value is -0.480. The Labute approximate surface area is 103 Å². The quantitative estimate of drug-likeness (QED) is 0.923. The molecule has 1 rings (SSSR count). The molecule has 0 fully saturated rings. The molecule has 0 unspecified atom stereocenters. The summed E-state index contributed by atoms with van der Waals surface area (Å²) in [6.07, 6.45) is 1.93. The van der Waals surface area contributed by atoms with Gasteiger partial charge in [-0.3, -0.25) is 4.79 Å². The van der Waals surface area contributed by atoms with Gasteiger partial charge in [0.1, 0.15) is 0 Å². The maximum Gasteiger partial charge on any atom is 0.237 e. The summed E-state index contributed by atoms with van der Waals surface area (Å²) in [6, 6.07) is 5.78. The lowest BCUT2D eigenvalue weighted by Gasteiger charge is -2.10. The number of aryl methyl sites for hydroxylation is 1. The van der Waals surface area contributed by atoms with E-state index in [1.807, 2.05) is 38.3 Å². The molecule has 1 aromatic carbocycles. The average Bonchev–Trinajstić information content (AvgIpc) is 2.22. The van der Waals surface area contributed by atoms with Crippen LogP contribution in [0.25, 0.3) is 0 Å². The molecule has 0 radical (unpaired) electrons. The van der Waals surface area contributed by atoms with Crippen LogP contribution in [0.1, 0.15) is 12.5 Å². The smallest absolute Gasteiger partial charge is 0.237 e. The zero-order valence-electron chi connectivity index (χ0n) is 9.00. The molecular weight excluding hydrogens is 274 g/mol. The SMILES string of the molecule is CS[C@H](C)C(=O)Nc1ccc(Br)c(C)c1. The van der Waals surface area contributed by atoms with Crippen molar-refractivity contribution in [3.8, 4) is 0 Å². The summed E-state index contributed by atoms with van der Waals surface area (Å²) < 4.78 is 1.05. The lowest BCUT2D eigenvalue weighted by atomic mass is 10.2. The number of nitrogens with one attached hydrogen (secondary N) is 1. The van der Waals surface area contributed by atoms with E-state index in [1.54, 1.807) is 0 Å². The van der Waals surface area contributed by atoms with Gasteiger partial charge in [-0.15, -0.1) is 0 Å². The van der Waals surface area contributed by atoms with E-state index in [-0.39, 0.29) is 11.2 Å². The zero-order valence-corrected chi connectivity index (χ0v) is 11.4. The standard InChI is InChI=1S/C11H14BrNOS/c1-7-6-9(4-5-10(7)12)13-11(14)8(2)15-3/h4-6,8H,1-3H3,(H,13,14)/t8-/m1/s1. The number of anilines is 1. The third-order valence-electron chi connectivity index (χ3n) is 2.15. The molecule has 0 spiro atoms. The number of amides is 1. The van der Waals surface area contributed by atoms with Crippen molar-refractivity contribution in [2.24, 2.45) is 0 Å². The molecule has 2 nitrogen and oxygen atoms in total. The molecule has 1 atom stereocenters. The molecule has 1 aromatic rings. The molecule has 0 aromatic heterocycles. The first-order valence-corrected chi connectivity index (χ1v) is 6.72.